The second-order valence-corrected chi connectivity index (χ2v) is 6.38. The summed E-state index contributed by atoms with van der Waals surface area (Å²) in [7, 11) is 0. The minimum Gasteiger partial charge on any atom is -0.481 e. The molecule has 0 bridgehead atoms. The van der Waals surface area contributed by atoms with Crippen LogP contribution in [0.4, 0.5) is 0 Å². The van der Waals surface area contributed by atoms with Crippen molar-refractivity contribution in [2.24, 2.45) is 17.8 Å². The van der Waals surface area contributed by atoms with E-state index in [2.05, 4.69) is 0 Å². The van der Waals surface area contributed by atoms with Crippen LogP contribution in [-0.2, 0) is 9.59 Å². The summed E-state index contributed by atoms with van der Waals surface area (Å²) in [4.78, 5) is 25.2. The van der Waals surface area contributed by atoms with E-state index in [4.69, 9.17) is 5.11 Å². The number of carboxylic acids is 1. The van der Waals surface area contributed by atoms with Crippen LogP contribution in [0.15, 0.2) is 0 Å². The Morgan fingerprint density at radius 1 is 1.16 bits per heavy atom. The van der Waals surface area contributed by atoms with Crippen molar-refractivity contribution in [3.05, 3.63) is 0 Å². The molecule has 1 amide bonds. The summed E-state index contributed by atoms with van der Waals surface area (Å²) in [5.74, 6) is -0.141. The van der Waals surface area contributed by atoms with Gasteiger partial charge >= 0.3 is 5.97 Å². The summed E-state index contributed by atoms with van der Waals surface area (Å²) in [6.07, 6.45) is 7.43. The number of rotatable bonds is 3. The smallest absolute Gasteiger partial charge is 0.308 e. The predicted molar refractivity (Wildman–Crippen MR) is 72.7 cm³/mol. The molecule has 0 radical (unpaired) electrons. The molecule has 4 nitrogen and oxygen atoms in total. The fourth-order valence-corrected chi connectivity index (χ4v) is 3.50. The molecule has 4 heteroatoms. The molecule has 2 fully saturated rings. The number of aliphatic carboxylic acids is 1. The molecular formula is C15H25NO3. The van der Waals surface area contributed by atoms with Crippen LogP contribution in [0.25, 0.3) is 0 Å². The van der Waals surface area contributed by atoms with Gasteiger partial charge in [0.05, 0.1) is 5.92 Å². The topological polar surface area (TPSA) is 57.6 Å². The van der Waals surface area contributed by atoms with Gasteiger partial charge in [-0.3, -0.25) is 9.59 Å². The number of carbonyl (C=O) groups excluding carboxylic acids is 1. The van der Waals surface area contributed by atoms with Gasteiger partial charge in [0.1, 0.15) is 0 Å². The van der Waals surface area contributed by atoms with Crippen LogP contribution in [-0.4, -0.2) is 35.0 Å². The van der Waals surface area contributed by atoms with Crippen molar-refractivity contribution in [3.63, 3.8) is 0 Å². The van der Waals surface area contributed by atoms with Gasteiger partial charge in [-0.2, -0.15) is 0 Å². The van der Waals surface area contributed by atoms with Crippen molar-refractivity contribution < 1.29 is 14.7 Å². The molecule has 1 aliphatic carbocycles. The van der Waals surface area contributed by atoms with Crippen LogP contribution in [0.1, 0.15) is 51.9 Å². The van der Waals surface area contributed by atoms with Crippen LogP contribution in [0.3, 0.4) is 0 Å². The summed E-state index contributed by atoms with van der Waals surface area (Å²) in [5, 5.41) is 9.14. The van der Waals surface area contributed by atoms with Gasteiger partial charge in [-0.1, -0.05) is 26.2 Å². The minimum atomic E-state index is -0.762. The first kappa shape index (κ1) is 14.4. The maximum Gasteiger partial charge on any atom is 0.308 e. The van der Waals surface area contributed by atoms with Gasteiger partial charge in [0, 0.05) is 19.5 Å². The Kier molecular flexibility index (Phi) is 4.83. The van der Waals surface area contributed by atoms with Crippen molar-refractivity contribution in [1.29, 1.82) is 0 Å². The summed E-state index contributed by atoms with van der Waals surface area (Å²) >= 11 is 0. The van der Waals surface area contributed by atoms with Gasteiger partial charge in [-0.25, -0.2) is 0 Å². The summed E-state index contributed by atoms with van der Waals surface area (Å²) in [5.41, 5.74) is 0. The molecule has 19 heavy (non-hydrogen) atoms. The maximum atomic E-state index is 12.3. The largest absolute Gasteiger partial charge is 0.481 e. The van der Waals surface area contributed by atoms with Crippen molar-refractivity contribution in [2.45, 2.75) is 51.9 Å². The van der Waals surface area contributed by atoms with Crippen LogP contribution in [0.5, 0.6) is 0 Å². The molecular weight excluding hydrogens is 242 g/mol. The number of amides is 1. The number of nitrogens with zero attached hydrogens (tertiary/aromatic N) is 1. The number of piperidine rings is 1. The standard InChI is InChI=1S/C15H25NO3/c1-11-7-13(15(18)19)10-16(9-11)14(17)8-12-5-3-2-4-6-12/h11-13H,2-10H2,1H3,(H,18,19). The average molecular weight is 267 g/mol. The lowest BCUT2D eigenvalue weighted by Crippen LogP contribution is -2.46. The van der Waals surface area contributed by atoms with E-state index >= 15 is 0 Å². The molecule has 1 aliphatic heterocycles. The first-order valence-electron chi connectivity index (χ1n) is 7.57. The van der Waals surface area contributed by atoms with Crippen molar-refractivity contribution >= 4 is 11.9 Å². The van der Waals surface area contributed by atoms with Crippen molar-refractivity contribution in [2.75, 3.05) is 13.1 Å². The number of hydrogen-bond donors (Lipinski definition) is 1. The third-order valence-electron chi connectivity index (χ3n) is 4.55. The van der Waals surface area contributed by atoms with Crippen LogP contribution < -0.4 is 0 Å². The monoisotopic (exact) mass is 267 g/mol. The Morgan fingerprint density at radius 2 is 1.84 bits per heavy atom. The second-order valence-electron chi connectivity index (χ2n) is 6.38. The Morgan fingerprint density at radius 3 is 2.47 bits per heavy atom. The molecule has 0 spiro atoms. The van der Waals surface area contributed by atoms with E-state index in [9.17, 15) is 9.59 Å². The molecule has 108 valence electrons. The highest BCUT2D eigenvalue weighted by Crippen LogP contribution is 2.28. The molecule has 1 heterocycles. The molecule has 1 saturated heterocycles. The van der Waals surface area contributed by atoms with Crippen LogP contribution >= 0.6 is 0 Å². The fraction of sp³-hybridized carbons (Fsp3) is 0.867. The average Bonchev–Trinajstić information content (AvgIpc) is 2.39. The third-order valence-corrected chi connectivity index (χ3v) is 4.55. The van der Waals surface area contributed by atoms with E-state index in [1.807, 2.05) is 6.92 Å². The zero-order valence-corrected chi connectivity index (χ0v) is 11.8. The van der Waals surface area contributed by atoms with E-state index in [0.29, 0.717) is 31.2 Å². The lowest BCUT2D eigenvalue weighted by Gasteiger charge is -2.35. The second kappa shape index (κ2) is 6.40. The van der Waals surface area contributed by atoms with E-state index in [1.165, 1.54) is 19.3 Å². The van der Waals surface area contributed by atoms with Gasteiger partial charge in [0.25, 0.3) is 0 Å². The molecule has 0 aromatic carbocycles. The highest BCUT2D eigenvalue weighted by molar-refractivity contribution is 5.78. The molecule has 2 atom stereocenters. The van der Waals surface area contributed by atoms with Gasteiger partial charge in [0.2, 0.25) is 5.91 Å². The van der Waals surface area contributed by atoms with Crippen LogP contribution in [0.2, 0.25) is 0 Å². The summed E-state index contributed by atoms with van der Waals surface area (Å²) in [6, 6.07) is 0. The first-order valence-corrected chi connectivity index (χ1v) is 7.57. The normalized spacial score (nSPS) is 29.2. The van der Waals surface area contributed by atoms with E-state index in [1.54, 1.807) is 4.90 Å². The molecule has 1 N–H and O–H groups in total. The third kappa shape index (κ3) is 3.95. The number of hydrogen-bond acceptors (Lipinski definition) is 2. The SMILES string of the molecule is CC1CC(C(=O)O)CN(C(=O)CC2CCCCC2)C1. The molecule has 2 aliphatic rings. The lowest BCUT2D eigenvalue weighted by atomic mass is 9.85. The first-order chi connectivity index (χ1) is 9.06. The highest BCUT2D eigenvalue weighted by atomic mass is 16.4. The molecule has 1 saturated carbocycles. The summed E-state index contributed by atoms with van der Waals surface area (Å²) in [6.45, 7) is 3.18. The van der Waals surface area contributed by atoms with Gasteiger partial charge in [0.15, 0.2) is 0 Å². The van der Waals surface area contributed by atoms with E-state index < -0.39 is 5.97 Å². The molecule has 2 rings (SSSR count). The van der Waals surface area contributed by atoms with E-state index in [0.717, 1.165) is 19.4 Å². The fourth-order valence-electron chi connectivity index (χ4n) is 3.50. The minimum absolute atomic E-state index is 0.171. The van der Waals surface area contributed by atoms with Crippen molar-refractivity contribution in [3.8, 4) is 0 Å². The highest BCUT2D eigenvalue weighted by Gasteiger charge is 2.32. The van der Waals surface area contributed by atoms with Gasteiger partial charge < -0.3 is 10.0 Å². The number of carbonyl (C=O) groups is 2. The lowest BCUT2D eigenvalue weighted by molar-refractivity contribution is -0.147. The molecule has 0 aromatic rings. The van der Waals surface area contributed by atoms with Gasteiger partial charge in [-0.15, -0.1) is 0 Å². The molecule has 2 unspecified atom stereocenters. The Labute approximate surface area is 115 Å². The summed E-state index contributed by atoms with van der Waals surface area (Å²) < 4.78 is 0. The maximum absolute atomic E-state index is 12.3. The molecule has 0 aromatic heterocycles. The Balaban J connectivity index is 1.88. The van der Waals surface area contributed by atoms with Crippen LogP contribution in [0, 0.1) is 17.8 Å². The quantitative estimate of drug-likeness (QED) is 0.855. The Hall–Kier alpha value is -1.06. The van der Waals surface area contributed by atoms with Crippen molar-refractivity contribution in [1.82, 2.24) is 4.90 Å². The number of carboxylic acid groups (broad SMARTS) is 1. The predicted octanol–water partition coefficient (Wildman–Crippen LogP) is 2.53. The van der Waals surface area contributed by atoms with E-state index in [-0.39, 0.29) is 11.8 Å². The zero-order valence-electron chi connectivity index (χ0n) is 11.8. The number of likely N-dealkylation sites (tertiary alicyclic amines) is 1. The van der Waals surface area contributed by atoms with Gasteiger partial charge in [-0.05, 0) is 31.1 Å². The zero-order chi connectivity index (χ0) is 13.8. The Bertz CT molecular complexity index is 336.